The van der Waals surface area contributed by atoms with Gasteiger partial charge in [-0.05, 0) is 56.1 Å². The van der Waals surface area contributed by atoms with Gasteiger partial charge in [-0.1, -0.05) is 31.5 Å². The minimum Gasteiger partial charge on any atom is -0.330 e. The summed E-state index contributed by atoms with van der Waals surface area (Å²) in [5.41, 5.74) is 8.58. The van der Waals surface area contributed by atoms with E-state index in [0.717, 1.165) is 24.7 Å². The summed E-state index contributed by atoms with van der Waals surface area (Å²) in [4.78, 5) is 2.51. The van der Waals surface area contributed by atoms with Crippen molar-refractivity contribution < 1.29 is 0 Å². The molecule has 0 spiro atoms. The highest BCUT2D eigenvalue weighted by Crippen LogP contribution is 2.24. The van der Waals surface area contributed by atoms with Gasteiger partial charge in [0.05, 0.1) is 0 Å². The van der Waals surface area contributed by atoms with Crippen LogP contribution >= 0.6 is 11.6 Å². The third kappa shape index (κ3) is 5.13. The summed E-state index contributed by atoms with van der Waals surface area (Å²) in [6, 6.07) is 6.11. The molecule has 0 amide bonds. The number of halogens is 1. The quantitative estimate of drug-likeness (QED) is 0.785. The molecule has 1 aromatic rings. The average molecular weight is 283 g/mol. The lowest BCUT2D eigenvalue weighted by Crippen LogP contribution is -2.33. The summed E-state index contributed by atoms with van der Waals surface area (Å²) in [5.74, 6) is 0.372. The molecule has 0 bridgehead atoms. The third-order valence-electron chi connectivity index (χ3n) is 3.52. The summed E-state index contributed by atoms with van der Waals surface area (Å²) in [6.45, 7) is 10.6. The summed E-state index contributed by atoms with van der Waals surface area (Å²) < 4.78 is 0. The summed E-state index contributed by atoms with van der Waals surface area (Å²) in [6.07, 6.45) is 2.37. The minimum atomic E-state index is 0.372. The van der Waals surface area contributed by atoms with E-state index in [1.807, 2.05) is 6.07 Å². The van der Waals surface area contributed by atoms with E-state index >= 15 is 0 Å². The molecule has 2 nitrogen and oxygen atoms in total. The Labute approximate surface area is 122 Å². The van der Waals surface area contributed by atoms with E-state index in [1.54, 1.807) is 0 Å². The second kappa shape index (κ2) is 8.57. The summed E-state index contributed by atoms with van der Waals surface area (Å²) >= 11 is 6.12. The molecule has 0 aliphatic rings. The van der Waals surface area contributed by atoms with Crippen molar-refractivity contribution in [2.75, 3.05) is 26.2 Å². The first kappa shape index (κ1) is 16.5. The maximum absolute atomic E-state index is 6.12. The van der Waals surface area contributed by atoms with Gasteiger partial charge in [0.2, 0.25) is 0 Å². The van der Waals surface area contributed by atoms with Crippen molar-refractivity contribution in [1.29, 1.82) is 0 Å². The zero-order valence-corrected chi connectivity index (χ0v) is 13.2. The predicted octanol–water partition coefficient (Wildman–Crippen LogP) is 3.81. The first-order valence-electron chi connectivity index (χ1n) is 7.30. The zero-order chi connectivity index (χ0) is 14.3. The Balaban J connectivity index is 2.83. The maximum Gasteiger partial charge on any atom is 0.0409 e. The molecule has 0 saturated carbocycles. The highest BCUT2D eigenvalue weighted by atomic mass is 35.5. The van der Waals surface area contributed by atoms with Crippen molar-refractivity contribution in [1.82, 2.24) is 4.90 Å². The van der Waals surface area contributed by atoms with Crippen LogP contribution in [-0.2, 0) is 0 Å². The summed E-state index contributed by atoms with van der Waals surface area (Å²) in [5, 5.41) is 0.802. The van der Waals surface area contributed by atoms with Crippen LogP contribution in [0.25, 0.3) is 0 Å². The molecule has 0 aromatic heterocycles. The van der Waals surface area contributed by atoms with Gasteiger partial charge in [-0.3, -0.25) is 0 Å². The highest BCUT2D eigenvalue weighted by molar-refractivity contribution is 6.30. The van der Waals surface area contributed by atoms with E-state index in [4.69, 9.17) is 17.3 Å². The van der Waals surface area contributed by atoms with E-state index in [1.165, 1.54) is 24.0 Å². The van der Waals surface area contributed by atoms with Crippen molar-refractivity contribution in [2.45, 2.75) is 39.5 Å². The van der Waals surface area contributed by atoms with Crippen molar-refractivity contribution in [3.8, 4) is 0 Å². The predicted molar refractivity (Wildman–Crippen MR) is 85.0 cm³/mol. The Bertz CT molecular complexity index is 373. The molecule has 1 atom stereocenters. The van der Waals surface area contributed by atoms with Gasteiger partial charge in [-0.25, -0.2) is 0 Å². The Morgan fingerprint density at radius 3 is 2.37 bits per heavy atom. The Hall–Kier alpha value is -0.570. The van der Waals surface area contributed by atoms with Crippen molar-refractivity contribution in [2.24, 2.45) is 5.73 Å². The number of nitrogens with zero attached hydrogens (tertiary/aromatic N) is 1. The maximum atomic E-state index is 6.12. The monoisotopic (exact) mass is 282 g/mol. The van der Waals surface area contributed by atoms with Crippen molar-refractivity contribution in [3.63, 3.8) is 0 Å². The topological polar surface area (TPSA) is 29.3 Å². The van der Waals surface area contributed by atoms with Crippen molar-refractivity contribution >= 4 is 11.6 Å². The van der Waals surface area contributed by atoms with E-state index in [2.05, 4.69) is 37.8 Å². The molecular formula is C16H27ClN2. The third-order valence-corrected chi connectivity index (χ3v) is 3.76. The lowest BCUT2D eigenvalue weighted by Gasteiger charge is -2.27. The molecule has 1 unspecified atom stereocenters. The molecule has 0 heterocycles. The minimum absolute atomic E-state index is 0.372. The molecular weight excluding hydrogens is 256 g/mol. The number of aryl methyl sites for hydroxylation is 1. The van der Waals surface area contributed by atoms with Gasteiger partial charge in [0.25, 0.3) is 0 Å². The first-order valence-corrected chi connectivity index (χ1v) is 7.68. The Morgan fingerprint density at radius 1 is 1.21 bits per heavy atom. The SMILES string of the molecule is CCCN(CCC)CC(CN)c1cc(Cl)ccc1C. The second-order valence-corrected chi connectivity index (χ2v) is 5.67. The fourth-order valence-corrected chi connectivity index (χ4v) is 2.77. The van der Waals surface area contributed by atoms with E-state index in [-0.39, 0.29) is 0 Å². The molecule has 19 heavy (non-hydrogen) atoms. The molecule has 2 N–H and O–H groups in total. The molecule has 0 aliphatic carbocycles. The Kier molecular flexibility index (Phi) is 7.44. The van der Waals surface area contributed by atoms with Gasteiger partial charge < -0.3 is 10.6 Å². The average Bonchev–Trinajstić information content (AvgIpc) is 2.39. The van der Waals surface area contributed by atoms with E-state index in [0.29, 0.717) is 12.5 Å². The lowest BCUT2D eigenvalue weighted by molar-refractivity contribution is 0.258. The number of nitrogens with two attached hydrogens (primary N) is 1. The normalized spacial score (nSPS) is 12.9. The molecule has 3 heteroatoms. The van der Waals surface area contributed by atoms with Crippen LogP contribution in [0, 0.1) is 6.92 Å². The largest absolute Gasteiger partial charge is 0.330 e. The van der Waals surface area contributed by atoms with Gasteiger partial charge in [-0.15, -0.1) is 0 Å². The van der Waals surface area contributed by atoms with E-state index < -0.39 is 0 Å². The van der Waals surface area contributed by atoms with Crippen LogP contribution in [0.1, 0.15) is 43.7 Å². The van der Waals surface area contributed by atoms with Gasteiger partial charge in [0, 0.05) is 24.0 Å². The van der Waals surface area contributed by atoms with Crippen LogP contribution in [0.5, 0.6) is 0 Å². The van der Waals surface area contributed by atoms with E-state index in [9.17, 15) is 0 Å². The first-order chi connectivity index (χ1) is 9.12. The van der Waals surface area contributed by atoms with Gasteiger partial charge in [0.15, 0.2) is 0 Å². The van der Waals surface area contributed by atoms with Gasteiger partial charge in [0.1, 0.15) is 0 Å². The van der Waals surface area contributed by atoms with Crippen LogP contribution in [0.4, 0.5) is 0 Å². The number of hydrogen-bond donors (Lipinski definition) is 1. The lowest BCUT2D eigenvalue weighted by atomic mass is 9.94. The Morgan fingerprint density at radius 2 is 1.84 bits per heavy atom. The molecule has 1 rings (SSSR count). The molecule has 108 valence electrons. The van der Waals surface area contributed by atoms with Crippen LogP contribution in [-0.4, -0.2) is 31.1 Å². The molecule has 0 aliphatic heterocycles. The fourth-order valence-electron chi connectivity index (χ4n) is 2.59. The van der Waals surface area contributed by atoms with Crippen LogP contribution in [0.2, 0.25) is 5.02 Å². The number of hydrogen-bond acceptors (Lipinski definition) is 2. The molecule has 1 aromatic carbocycles. The number of benzene rings is 1. The van der Waals surface area contributed by atoms with Crippen LogP contribution in [0.15, 0.2) is 18.2 Å². The number of rotatable bonds is 8. The molecule has 0 radical (unpaired) electrons. The second-order valence-electron chi connectivity index (χ2n) is 5.23. The highest BCUT2D eigenvalue weighted by Gasteiger charge is 2.16. The zero-order valence-electron chi connectivity index (χ0n) is 12.5. The molecule has 0 fully saturated rings. The van der Waals surface area contributed by atoms with Crippen molar-refractivity contribution in [3.05, 3.63) is 34.3 Å². The van der Waals surface area contributed by atoms with Gasteiger partial charge >= 0.3 is 0 Å². The van der Waals surface area contributed by atoms with Gasteiger partial charge in [-0.2, -0.15) is 0 Å². The summed E-state index contributed by atoms with van der Waals surface area (Å²) in [7, 11) is 0. The molecule has 0 saturated heterocycles. The van der Waals surface area contributed by atoms with Crippen LogP contribution in [0.3, 0.4) is 0 Å². The van der Waals surface area contributed by atoms with Crippen LogP contribution < -0.4 is 5.73 Å². The fraction of sp³-hybridized carbons (Fsp3) is 0.625. The standard InChI is InChI=1S/C16H27ClN2/c1-4-8-19(9-5-2)12-14(11-18)16-10-15(17)7-6-13(16)3/h6-7,10,14H,4-5,8-9,11-12,18H2,1-3H3. The smallest absolute Gasteiger partial charge is 0.0409 e.